The van der Waals surface area contributed by atoms with Crippen LogP contribution in [-0.2, 0) is 9.59 Å². The Morgan fingerprint density at radius 2 is 1.91 bits per heavy atom. The second-order valence-electron chi connectivity index (χ2n) is 5.99. The van der Waals surface area contributed by atoms with Gasteiger partial charge in [0.05, 0.1) is 0 Å². The molecule has 2 rings (SSSR count). The molecule has 0 spiro atoms. The number of amides is 2. The number of carbonyl (C=O) groups excluding carboxylic acids is 2. The molecule has 1 aliphatic heterocycles. The summed E-state index contributed by atoms with van der Waals surface area (Å²) in [6, 6.07) is 7.29. The van der Waals surface area contributed by atoms with Crippen molar-refractivity contribution in [2.75, 3.05) is 36.4 Å². The van der Waals surface area contributed by atoms with E-state index in [1.54, 1.807) is 11.0 Å². The minimum absolute atomic E-state index is 0.0594. The van der Waals surface area contributed by atoms with Gasteiger partial charge in [-0.3, -0.25) is 9.59 Å². The monoisotopic (exact) mass is 319 g/mol. The Morgan fingerprint density at radius 1 is 1.26 bits per heavy atom. The van der Waals surface area contributed by atoms with Gasteiger partial charge in [0.2, 0.25) is 5.91 Å². The van der Waals surface area contributed by atoms with Gasteiger partial charge in [-0.25, -0.2) is 4.39 Å². The smallest absolute Gasteiger partial charge is 0.261 e. The summed E-state index contributed by atoms with van der Waals surface area (Å²) in [5.74, 6) is -0.730. The van der Waals surface area contributed by atoms with Gasteiger partial charge in [-0.15, -0.1) is 0 Å². The number of hydrogen-bond donors (Lipinski definition) is 1. The molecular formula is C17H22FN3O2. The molecule has 1 saturated heterocycles. The summed E-state index contributed by atoms with van der Waals surface area (Å²) in [4.78, 5) is 27.2. The van der Waals surface area contributed by atoms with Gasteiger partial charge in [-0.05, 0) is 38.1 Å². The third kappa shape index (κ3) is 4.31. The van der Waals surface area contributed by atoms with Crippen LogP contribution in [0, 0.1) is 0 Å². The van der Waals surface area contributed by atoms with Gasteiger partial charge in [-0.2, -0.15) is 0 Å². The third-order valence-electron chi connectivity index (χ3n) is 3.78. The number of carbonyl (C=O) groups is 2. The summed E-state index contributed by atoms with van der Waals surface area (Å²) in [6.07, 6.45) is 1.32. The maximum Gasteiger partial charge on any atom is 0.261 e. The zero-order valence-electron chi connectivity index (χ0n) is 13.5. The van der Waals surface area contributed by atoms with Crippen LogP contribution >= 0.6 is 0 Å². The predicted octanol–water partition coefficient (Wildman–Crippen LogP) is 2.21. The van der Waals surface area contributed by atoms with Gasteiger partial charge in [0.1, 0.15) is 0 Å². The first-order valence-corrected chi connectivity index (χ1v) is 7.58. The zero-order valence-corrected chi connectivity index (χ0v) is 13.5. The summed E-state index contributed by atoms with van der Waals surface area (Å²) < 4.78 is 13.6. The van der Waals surface area contributed by atoms with Crippen molar-refractivity contribution < 1.29 is 14.0 Å². The predicted molar refractivity (Wildman–Crippen MR) is 89.2 cm³/mol. The Balaban J connectivity index is 2.02. The highest BCUT2D eigenvalue weighted by Crippen LogP contribution is 2.22. The van der Waals surface area contributed by atoms with Crippen LogP contribution in [0.25, 0.3) is 0 Å². The first-order chi connectivity index (χ1) is 10.8. The Hall–Kier alpha value is -2.37. The molecule has 1 N–H and O–H groups in total. The molecule has 5 nitrogen and oxygen atoms in total. The molecule has 1 aromatic rings. The van der Waals surface area contributed by atoms with Gasteiger partial charge >= 0.3 is 0 Å². The topological polar surface area (TPSA) is 52.7 Å². The summed E-state index contributed by atoms with van der Waals surface area (Å²) in [6.45, 7) is 8.59. The van der Waals surface area contributed by atoms with E-state index < -0.39 is 11.6 Å². The highest BCUT2D eigenvalue weighted by atomic mass is 19.1. The molecule has 1 heterocycles. The number of nitrogens with one attached hydrogen (secondary N) is 1. The van der Waals surface area contributed by atoms with Gasteiger partial charge in [0.15, 0.2) is 5.67 Å². The lowest BCUT2D eigenvalue weighted by Crippen LogP contribution is -2.48. The molecule has 0 saturated carbocycles. The summed E-state index contributed by atoms with van der Waals surface area (Å²) in [7, 11) is 0. The SMILES string of the molecule is C=CC(=O)N1CCN(c2cccc(NC(=O)C(C)(C)F)c2)CC1. The van der Waals surface area contributed by atoms with Crippen molar-refractivity contribution in [1.82, 2.24) is 4.90 Å². The second kappa shape index (κ2) is 6.81. The van der Waals surface area contributed by atoms with Crippen LogP contribution in [0.1, 0.15) is 13.8 Å². The van der Waals surface area contributed by atoms with Gasteiger partial charge in [-0.1, -0.05) is 12.6 Å². The van der Waals surface area contributed by atoms with Crippen molar-refractivity contribution >= 4 is 23.2 Å². The molecular weight excluding hydrogens is 297 g/mol. The van der Waals surface area contributed by atoms with Crippen molar-refractivity contribution in [3.8, 4) is 0 Å². The lowest BCUT2D eigenvalue weighted by molar-refractivity contribution is -0.126. The van der Waals surface area contributed by atoms with Crippen molar-refractivity contribution in [3.63, 3.8) is 0 Å². The molecule has 2 amide bonds. The van der Waals surface area contributed by atoms with Crippen LogP contribution in [0.5, 0.6) is 0 Å². The van der Waals surface area contributed by atoms with E-state index >= 15 is 0 Å². The van der Waals surface area contributed by atoms with Crippen LogP contribution in [0.4, 0.5) is 15.8 Å². The fraction of sp³-hybridized carbons (Fsp3) is 0.412. The Labute approximate surface area is 135 Å². The number of halogens is 1. The summed E-state index contributed by atoms with van der Waals surface area (Å²) in [5.41, 5.74) is -0.430. The highest BCUT2D eigenvalue weighted by Gasteiger charge is 2.26. The second-order valence-corrected chi connectivity index (χ2v) is 5.99. The number of alkyl halides is 1. The number of benzene rings is 1. The van der Waals surface area contributed by atoms with Crippen LogP contribution in [0.2, 0.25) is 0 Å². The molecule has 0 aliphatic carbocycles. The minimum Gasteiger partial charge on any atom is -0.368 e. The summed E-state index contributed by atoms with van der Waals surface area (Å²) >= 11 is 0. The Morgan fingerprint density at radius 3 is 2.48 bits per heavy atom. The first kappa shape index (κ1) is 17.0. The summed E-state index contributed by atoms with van der Waals surface area (Å²) in [5, 5.41) is 2.58. The number of piperazine rings is 1. The molecule has 6 heteroatoms. The standard InChI is InChI=1S/C17H22FN3O2/c1-4-15(22)21-10-8-20(9-11-21)14-7-5-6-13(12-14)19-16(23)17(2,3)18/h4-7,12H,1,8-11H2,2-3H3,(H,19,23). The average molecular weight is 319 g/mol. The molecule has 1 fully saturated rings. The van der Waals surface area contributed by atoms with Crippen LogP contribution in [-0.4, -0.2) is 48.6 Å². The Bertz CT molecular complexity index is 602. The third-order valence-corrected chi connectivity index (χ3v) is 3.78. The van der Waals surface area contributed by atoms with E-state index in [0.717, 1.165) is 5.69 Å². The quantitative estimate of drug-likeness (QED) is 0.866. The largest absolute Gasteiger partial charge is 0.368 e. The molecule has 1 aliphatic rings. The van der Waals surface area contributed by atoms with Crippen LogP contribution < -0.4 is 10.2 Å². The van der Waals surface area contributed by atoms with Crippen molar-refractivity contribution in [1.29, 1.82) is 0 Å². The fourth-order valence-electron chi connectivity index (χ4n) is 2.37. The molecule has 23 heavy (non-hydrogen) atoms. The van der Waals surface area contributed by atoms with Crippen molar-refractivity contribution in [2.24, 2.45) is 0 Å². The average Bonchev–Trinajstić information content (AvgIpc) is 2.53. The van der Waals surface area contributed by atoms with Crippen LogP contribution in [0.3, 0.4) is 0 Å². The van der Waals surface area contributed by atoms with Gasteiger partial charge in [0, 0.05) is 37.6 Å². The molecule has 0 bridgehead atoms. The normalized spacial score (nSPS) is 15.3. The molecule has 0 aromatic heterocycles. The van der Waals surface area contributed by atoms with E-state index in [-0.39, 0.29) is 5.91 Å². The van der Waals surface area contributed by atoms with Crippen molar-refractivity contribution in [3.05, 3.63) is 36.9 Å². The number of rotatable bonds is 4. The van der Waals surface area contributed by atoms with E-state index in [0.29, 0.717) is 31.9 Å². The lowest BCUT2D eigenvalue weighted by Gasteiger charge is -2.35. The number of anilines is 2. The fourth-order valence-corrected chi connectivity index (χ4v) is 2.37. The van der Waals surface area contributed by atoms with Crippen molar-refractivity contribution in [2.45, 2.75) is 19.5 Å². The maximum atomic E-state index is 13.6. The molecule has 1 aromatic carbocycles. The van der Waals surface area contributed by atoms with E-state index in [2.05, 4.69) is 16.8 Å². The number of nitrogens with zero attached hydrogens (tertiary/aromatic N) is 2. The molecule has 124 valence electrons. The minimum atomic E-state index is -1.92. The van der Waals surface area contributed by atoms with E-state index in [1.807, 2.05) is 18.2 Å². The van der Waals surface area contributed by atoms with E-state index in [4.69, 9.17) is 0 Å². The van der Waals surface area contributed by atoms with E-state index in [9.17, 15) is 14.0 Å². The number of hydrogen-bond acceptors (Lipinski definition) is 3. The maximum absolute atomic E-state index is 13.6. The van der Waals surface area contributed by atoms with Gasteiger partial charge in [0.25, 0.3) is 5.91 Å². The molecule has 0 radical (unpaired) electrons. The Kier molecular flexibility index (Phi) is 5.03. The van der Waals surface area contributed by atoms with Gasteiger partial charge < -0.3 is 15.1 Å². The highest BCUT2D eigenvalue weighted by molar-refractivity contribution is 5.97. The zero-order chi connectivity index (χ0) is 17.0. The lowest BCUT2D eigenvalue weighted by atomic mass is 10.1. The van der Waals surface area contributed by atoms with E-state index in [1.165, 1.54) is 19.9 Å². The van der Waals surface area contributed by atoms with Crippen LogP contribution in [0.15, 0.2) is 36.9 Å². The molecule has 0 unspecified atom stereocenters. The first-order valence-electron chi connectivity index (χ1n) is 7.58. The molecule has 0 atom stereocenters.